The van der Waals surface area contributed by atoms with Crippen LogP contribution in [0.3, 0.4) is 0 Å². The van der Waals surface area contributed by atoms with Crippen molar-refractivity contribution in [3.8, 4) is 0 Å². The fraction of sp³-hybridized carbons (Fsp3) is 0.368. The first-order valence-electron chi connectivity index (χ1n) is 8.54. The third kappa shape index (κ3) is 3.57. The van der Waals surface area contributed by atoms with Gasteiger partial charge in [-0.05, 0) is 44.6 Å². The first-order chi connectivity index (χ1) is 12.4. The maximum absolute atomic E-state index is 11.2. The second-order valence-electron chi connectivity index (χ2n) is 6.51. The average molecular weight is 353 g/mol. The van der Waals surface area contributed by atoms with Crippen LogP contribution < -0.4 is 10.6 Å². The highest BCUT2D eigenvalue weighted by molar-refractivity contribution is 5.96. The van der Waals surface area contributed by atoms with Crippen LogP contribution in [-0.2, 0) is 9.53 Å². The number of pyridine rings is 1. The predicted octanol–water partition coefficient (Wildman–Crippen LogP) is 2.00. The lowest BCUT2D eigenvalue weighted by Gasteiger charge is -2.33. The molecule has 136 valence electrons. The van der Waals surface area contributed by atoms with Gasteiger partial charge in [0, 0.05) is 17.5 Å². The van der Waals surface area contributed by atoms with Crippen molar-refractivity contribution in [2.75, 3.05) is 24.7 Å². The maximum atomic E-state index is 11.2. The number of allylic oxidation sites excluding steroid dienone is 1. The molecule has 2 aromatic heterocycles. The number of aromatic nitrogens is 3. The van der Waals surface area contributed by atoms with Crippen LogP contribution >= 0.6 is 0 Å². The molecule has 1 atom stereocenters. The van der Waals surface area contributed by atoms with Crippen molar-refractivity contribution in [1.29, 1.82) is 0 Å². The second-order valence-corrected chi connectivity index (χ2v) is 6.51. The van der Waals surface area contributed by atoms with Crippen molar-refractivity contribution in [2.45, 2.75) is 26.8 Å². The van der Waals surface area contributed by atoms with Gasteiger partial charge in [0.05, 0.1) is 30.6 Å². The zero-order valence-corrected chi connectivity index (χ0v) is 15.3. The standard InChI is InChI=1S/C19H23N5O2/c1-11(9-12(2)17(20)25)16-6-5-15-14(4)21-19(23-18(15)22-16)24-7-8-26-10-13(24)3/h5-6,9,13H,2,7-8,10H2,1,3-4H3,(H2,20,25)/b11-9+. The van der Waals surface area contributed by atoms with E-state index < -0.39 is 5.91 Å². The smallest absolute Gasteiger partial charge is 0.248 e. The van der Waals surface area contributed by atoms with Gasteiger partial charge in [0.1, 0.15) is 0 Å². The predicted molar refractivity (Wildman–Crippen MR) is 102 cm³/mol. The van der Waals surface area contributed by atoms with E-state index in [4.69, 9.17) is 10.5 Å². The summed E-state index contributed by atoms with van der Waals surface area (Å²) in [6.45, 7) is 11.6. The molecule has 3 heterocycles. The first-order valence-corrected chi connectivity index (χ1v) is 8.54. The molecule has 1 unspecified atom stereocenters. The number of carbonyl (C=O) groups is 1. The van der Waals surface area contributed by atoms with Gasteiger partial charge < -0.3 is 15.4 Å². The Morgan fingerprint density at radius 3 is 2.85 bits per heavy atom. The Morgan fingerprint density at radius 1 is 1.38 bits per heavy atom. The molecule has 1 aliphatic rings. The average Bonchev–Trinajstić information content (AvgIpc) is 2.61. The number of morpholine rings is 1. The fourth-order valence-corrected chi connectivity index (χ4v) is 2.92. The summed E-state index contributed by atoms with van der Waals surface area (Å²) >= 11 is 0. The zero-order chi connectivity index (χ0) is 18.8. The molecular formula is C19H23N5O2. The summed E-state index contributed by atoms with van der Waals surface area (Å²) in [6.07, 6.45) is 1.63. The zero-order valence-electron chi connectivity index (χ0n) is 15.3. The number of hydrogen-bond acceptors (Lipinski definition) is 6. The molecule has 7 nitrogen and oxygen atoms in total. The molecule has 26 heavy (non-hydrogen) atoms. The quantitative estimate of drug-likeness (QED) is 0.667. The van der Waals surface area contributed by atoms with Gasteiger partial charge in [-0.1, -0.05) is 6.58 Å². The van der Waals surface area contributed by atoms with Crippen molar-refractivity contribution >= 4 is 28.5 Å². The van der Waals surface area contributed by atoms with E-state index in [0.29, 0.717) is 24.8 Å². The van der Waals surface area contributed by atoms with E-state index in [9.17, 15) is 4.79 Å². The van der Waals surface area contributed by atoms with E-state index in [1.54, 1.807) is 6.08 Å². The molecule has 1 amide bonds. The topological polar surface area (TPSA) is 94.2 Å². The molecule has 0 bridgehead atoms. The Hall–Kier alpha value is -2.80. The number of carbonyl (C=O) groups excluding carboxylic acids is 1. The fourth-order valence-electron chi connectivity index (χ4n) is 2.92. The van der Waals surface area contributed by atoms with E-state index in [1.165, 1.54) is 0 Å². The molecule has 3 rings (SSSR count). The Kier molecular flexibility index (Phi) is 4.99. The van der Waals surface area contributed by atoms with Gasteiger partial charge in [-0.2, -0.15) is 4.98 Å². The van der Waals surface area contributed by atoms with E-state index in [2.05, 4.69) is 33.4 Å². The Bertz CT molecular complexity index is 906. The molecule has 1 saturated heterocycles. The van der Waals surface area contributed by atoms with Crippen LogP contribution in [0.1, 0.15) is 25.2 Å². The minimum atomic E-state index is -0.549. The molecule has 0 radical (unpaired) electrons. The van der Waals surface area contributed by atoms with E-state index in [-0.39, 0.29) is 11.6 Å². The molecule has 0 aromatic carbocycles. The molecule has 2 N–H and O–H groups in total. The lowest BCUT2D eigenvalue weighted by Crippen LogP contribution is -2.44. The number of ether oxygens (including phenoxy) is 1. The molecule has 0 spiro atoms. The van der Waals surface area contributed by atoms with Crippen LogP contribution in [-0.4, -0.2) is 46.7 Å². The van der Waals surface area contributed by atoms with Crippen LogP contribution in [0.25, 0.3) is 16.6 Å². The lowest BCUT2D eigenvalue weighted by atomic mass is 10.1. The molecule has 1 aliphatic heterocycles. The Labute approximate surface area is 152 Å². The van der Waals surface area contributed by atoms with Crippen molar-refractivity contribution < 1.29 is 9.53 Å². The number of hydrogen-bond donors (Lipinski definition) is 1. The number of rotatable bonds is 4. The van der Waals surface area contributed by atoms with E-state index >= 15 is 0 Å². The largest absolute Gasteiger partial charge is 0.377 e. The summed E-state index contributed by atoms with van der Waals surface area (Å²) in [7, 11) is 0. The maximum Gasteiger partial charge on any atom is 0.248 e. The minimum absolute atomic E-state index is 0.212. The first kappa shape index (κ1) is 18.0. The Balaban J connectivity index is 2.02. The summed E-state index contributed by atoms with van der Waals surface area (Å²) in [5, 5.41) is 0.903. The van der Waals surface area contributed by atoms with Gasteiger partial charge in [0.15, 0.2) is 5.65 Å². The van der Waals surface area contributed by atoms with Gasteiger partial charge in [0.2, 0.25) is 11.9 Å². The third-order valence-electron chi connectivity index (χ3n) is 4.47. The van der Waals surface area contributed by atoms with Crippen molar-refractivity contribution in [3.63, 3.8) is 0 Å². The third-order valence-corrected chi connectivity index (χ3v) is 4.47. The van der Waals surface area contributed by atoms with Gasteiger partial charge in [0.25, 0.3) is 0 Å². The van der Waals surface area contributed by atoms with Gasteiger partial charge in [-0.25, -0.2) is 9.97 Å². The molecule has 0 saturated carbocycles. The summed E-state index contributed by atoms with van der Waals surface area (Å²) < 4.78 is 5.49. The highest BCUT2D eigenvalue weighted by atomic mass is 16.5. The van der Waals surface area contributed by atoms with Gasteiger partial charge in [-0.15, -0.1) is 0 Å². The monoisotopic (exact) mass is 353 g/mol. The number of amides is 1. The molecule has 7 heteroatoms. The van der Waals surface area contributed by atoms with Crippen molar-refractivity contribution in [3.05, 3.63) is 41.7 Å². The van der Waals surface area contributed by atoms with Crippen LogP contribution in [0.2, 0.25) is 0 Å². The minimum Gasteiger partial charge on any atom is -0.377 e. The number of fused-ring (bicyclic) bond motifs is 1. The summed E-state index contributed by atoms with van der Waals surface area (Å²) in [5.41, 5.74) is 8.52. The van der Waals surface area contributed by atoms with Crippen LogP contribution in [0.5, 0.6) is 0 Å². The number of nitrogens with two attached hydrogens (primary N) is 1. The summed E-state index contributed by atoms with van der Waals surface area (Å²) in [5.74, 6) is 0.116. The normalized spacial score (nSPS) is 18.2. The van der Waals surface area contributed by atoms with Crippen LogP contribution in [0.4, 0.5) is 5.95 Å². The molecule has 0 aliphatic carbocycles. The van der Waals surface area contributed by atoms with E-state index in [0.717, 1.165) is 28.9 Å². The highest BCUT2D eigenvalue weighted by Crippen LogP contribution is 2.23. The number of aryl methyl sites for hydroxylation is 1. The number of anilines is 1. The van der Waals surface area contributed by atoms with Crippen molar-refractivity contribution in [1.82, 2.24) is 15.0 Å². The number of nitrogens with zero attached hydrogens (tertiary/aromatic N) is 4. The van der Waals surface area contributed by atoms with E-state index in [1.807, 2.05) is 26.0 Å². The van der Waals surface area contributed by atoms with Gasteiger partial charge >= 0.3 is 0 Å². The molecule has 1 fully saturated rings. The summed E-state index contributed by atoms with van der Waals surface area (Å²) in [4.78, 5) is 27.3. The Morgan fingerprint density at radius 2 is 2.15 bits per heavy atom. The molecular weight excluding hydrogens is 330 g/mol. The summed E-state index contributed by atoms with van der Waals surface area (Å²) in [6, 6.07) is 4.05. The molecule has 2 aromatic rings. The second kappa shape index (κ2) is 7.21. The van der Waals surface area contributed by atoms with Crippen LogP contribution in [0.15, 0.2) is 30.4 Å². The van der Waals surface area contributed by atoms with Crippen molar-refractivity contribution in [2.24, 2.45) is 5.73 Å². The van der Waals surface area contributed by atoms with Crippen LogP contribution in [0, 0.1) is 6.92 Å². The SMILES string of the molecule is C=C(/C=C(\C)c1ccc2c(C)nc(N3CCOCC3C)nc2n1)C(N)=O. The highest BCUT2D eigenvalue weighted by Gasteiger charge is 2.22. The lowest BCUT2D eigenvalue weighted by molar-refractivity contribution is -0.114. The number of primary amides is 1. The van der Waals surface area contributed by atoms with Gasteiger partial charge in [-0.3, -0.25) is 4.79 Å².